The van der Waals surface area contributed by atoms with Crippen molar-refractivity contribution in [1.82, 2.24) is 0 Å². The van der Waals surface area contributed by atoms with Crippen LogP contribution in [0.3, 0.4) is 0 Å². The monoisotopic (exact) mass is 1130 g/mol. The fraction of sp³-hybridized carbons (Fsp3) is 0.286. The number of carboxylic acids is 2. The van der Waals surface area contributed by atoms with Gasteiger partial charge in [0, 0.05) is 57.1 Å². The molecule has 0 radical (unpaired) electrons. The number of sulfonamides is 2. The number of terminal acetylenes is 2. The van der Waals surface area contributed by atoms with Crippen LogP contribution >= 0.6 is 0 Å². The molecule has 0 bridgehead atoms. The Balaban J connectivity index is 0.000000410. The molecule has 0 aliphatic heterocycles. The van der Waals surface area contributed by atoms with E-state index in [0.29, 0.717) is 44.4 Å². The minimum absolute atomic E-state index is 0. The molecule has 0 aromatic heterocycles. The van der Waals surface area contributed by atoms with Crippen molar-refractivity contribution >= 4 is 88.2 Å². The van der Waals surface area contributed by atoms with Crippen molar-refractivity contribution in [2.45, 2.75) is 48.6 Å². The predicted molar refractivity (Wildman–Crippen MR) is 298 cm³/mol. The van der Waals surface area contributed by atoms with Crippen molar-refractivity contribution in [2.75, 3.05) is 87.2 Å². The SMILES string of the molecule is C#CCN(c1ccc(N(CC(=O)O)S(=O)(=O)c2ccc(OC)c(OC)c2)c2ccccc12)[C@@H](C)CC(=O)O.C#CCN(c1ccc(N(CC(=O)OC)S(=O)(=O)c2ccc(OC)c(OC)c2)c2ccccc12)[C@@H](C)CC(=O)OC.[Li+].[OH-]. The normalized spacial score (nSPS) is 11.5. The average Bonchev–Trinajstić information content (AvgIpc) is 3.43. The molecular weight excluding hydrogens is 1070 g/mol. The van der Waals surface area contributed by atoms with Gasteiger partial charge in [-0.2, -0.15) is 0 Å². The molecule has 3 N–H and O–H groups in total. The first-order chi connectivity index (χ1) is 37.2. The molecule has 80 heavy (non-hydrogen) atoms. The number of hydrogen-bond acceptors (Lipinski definition) is 17. The van der Waals surface area contributed by atoms with E-state index < -0.39 is 57.1 Å². The quantitative estimate of drug-likeness (QED) is 0.0494. The van der Waals surface area contributed by atoms with Crippen LogP contribution in [-0.2, 0) is 48.7 Å². The molecule has 0 fully saturated rings. The van der Waals surface area contributed by atoms with E-state index in [2.05, 4.69) is 11.8 Å². The molecule has 0 heterocycles. The van der Waals surface area contributed by atoms with Gasteiger partial charge < -0.3 is 53.9 Å². The molecule has 6 aromatic rings. The van der Waals surface area contributed by atoms with Crippen molar-refractivity contribution in [2.24, 2.45) is 0 Å². The molecule has 2 atom stereocenters. The topological polar surface area (TPSA) is 275 Å². The van der Waals surface area contributed by atoms with E-state index in [4.69, 9.17) is 41.3 Å². The van der Waals surface area contributed by atoms with E-state index >= 15 is 0 Å². The van der Waals surface area contributed by atoms with Gasteiger partial charge in [0.25, 0.3) is 20.0 Å². The Bertz CT molecular complexity index is 3490. The average molecular weight is 1130 g/mol. The van der Waals surface area contributed by atoms with Gasteiger partial charge in [-0.15, -0.1) is 12.8 Å². The molecule has 420 valence electrons. The van der Waals surface area contributed by atoms with Crippen molar-refractivity contribution < 1.29 is 99.0 Å². The van der Waals surface area contributed by atoms with Gasteiger partial charge in [-0.05, 0) is 62.4 Å². The summed E-state index contributed by atoms with van der Waals surface area (Å²) in [5.74, 6) is 2.73. The molecule has 0 unspecified atom stereocenters. The number of carboxylic acid groups (broad SMARTS) is 2. The maximum absolute atomic E-state index is 14.0. The molecule has 6 rings (SSSR count). The summed E-state index contributed by atoms with van der Waals surface area (Å²) in [4.78, 5) is 51.0. The van der Waals surface area contributed by atoms with Crippen LogP contribution in [0, 0.1) is 24.7 Å². The molecule has 24 heteroatoms. The Hall–Kier alpha value is -8.30. The predicted octanol–water partition coefficient (Wildman–Crippen LogP) is 3.88. The fourth-order valence-corrected chi connectivity index (χ4v) is 11.4. The number of benzene rings is 6. The summed E-state index contributed by atoms with van der Waals surface area (Å²) in [5.41, 5.74) is 1.67. The summed E-state index contributed by atoms with van der Waals surface area (Å²) in [6.45, 7) is 2.46. The van der Waals surface area contributed by atoms with Gasteiger partial charge in [0.15, 0.2) is 23.0 Å². The van der Waals surface area contributed by atoms with Gasteiger partial charge in [-0.25, -0.2) is 16.8 Å². The fourth-order valence-electron chi connectivity index (χ4n) is 8.53. The Morgan fingerprint density at radius 1 is 0.500 bits per heavy atom. The number of hydrogen-bond donors (Lipinski definition) is 2. The third-order valence-corrected chi connectivity index (χ3v) is 15.8. The molecular formula is C56H61LiN4O17S2. The zero-order chi connectivity index (χ0) is 57.5. The number of carbonyl (C=O) groups excluding carboxylic acids is 2. The molecule has 0 saturated heterocycles. The minimum Gasteiger partial charge on any atom is -0.870 e. The first kappa shape index (κ1) is 66.0. The largest absolute Gasteiger partial charge is 1.00 e. The van der Waals surface area contributed by atoms with Crippen molar-refractivity contribution in [3.8, 4) is 47.7 Å². The number of methoxy groups -OCH3 is 6. The van der Waals surface area contributed by atoms with E-state index in [-0.39, 0.29) is 94.9 Å². The molecule has 0 spiro atoms. The number of esters is 2. The van der Waals surface area contributed by atoms with Crippen LogP contribution in [-0.4, -0.2) is 137 Å². The number of nitrogens with zero attached hydrogens (tertiary/aromatic N) is 4. The van der Waals surface area contributed by atoms with Crippen molar-refractivity contribution in [3.05, 3.63) is 109 Å². The number of carbonyl (C=O) groups is 4. The molecule has 21 nitrogen and oxygen atoms in total. The Morgan fingerprint density at radius 3 is 1.19 bits per heavy atom. The molecule has 0 aliphatic rings. The van der Waals surface area contributed by atoms with Crippen LogP contribution in [0.2, 0.25) is 0 Å². The van der Waals surface area contributed by atoms with E-state index in [1.54, 1.807) is 66.4 Å². The second kappa shape index (κ2) is 29.6. The molecule has 0 amide bonds. The van der Waals surface area contributed by atoms with Crippen LogP contribution in [0.1, 0.15) is 26.7 Å². The second-order valence-corrected chi connectivity index (χ2v) is 20.8. The first-order valence-corrected chi connectivity index (χ1v) is 26.6. The summed E-state index contributed by atoms with van der Waals surface area (Å²) in [6.07, 6.45) is 11.2. The van der Waals surface area contributed by atoms with Gasteiger partial charge in [0.05, 0.1) is 89.8 Å². The van der Waals surface area contributed by atoms with Gasteiger partial charge in [-0.3, -0.25) is 27.8 Å². The summed E-state index contributed by atoms with van der Waals surface area (Å²) < 4.78 is 88.1. The third kappa shape index (κ3) is 15.1. The van der Waals surface area contributed by atoms with E-state index in [0.717, 1.165) is 8.61 Å². The van der Waals surface area contributed by atoms with Gasteiger partial charge in [0.2, 0.25) is 0 Å². The summed E-state index contributed by atoms with van der Waals surface area (Å²) in [6, 6.07) is 27.8. The zero-order valence-electron chi connectivity index (χ0n) is 45.6. The first-order valence-electron chi connectivity index (χ1n) is 23.7. The summed E-state index contributed by atoms with van der Waals surface area (Å²) >= 11 is 0. The second-order valence-electron chi connectivity index (χ2n) is 17.1. The minimum atomic E-state index is -4.38. The zero-order valence-corrected chi connectivity index (χ0v) is 47.2. The van der Waals surface area contributed by atoms with Gasteiger partial charge in [0.1, 0.15) is 13.1 Å². The van der Waals surface area contributed by atoms with Crippen LogP contribution in [0.5, 0.6) is 23.0 Å². The number of anilines is 4. The van der Waals surface area contributed by atoms with Crippen LogP contribution < -0.4 is 56.2 Å². The van der Waals surface area contributed by atoms with Crippen molar-refractivity contribution in [3.63, 3.8) is 0 Å². The Labute approximate surface area is 477 Å². The number of rotatable bonds is 24. The third-order valence-electron chi connectivity index (χ3n) is 12.3. The maximum Gasteiger partial charge on any atom is 1.00 e. The van der Waals surface area contributed by atoms with E-state index in [1.807, 2.05) is 24.0 Å². The summed E-state index contributed by atoms with van der Waals surface area (Å²) in [7, 11) is -0.554. The van der Waals surface area contributed by atoms with Crippen molar-refractivity contribution in [1.29, 1.82) is 0 Å². The smallest absolute Gasteiger partial charge is 0.870 e. The molecule has 0 aliphatic carbocycles. The van der Waals surface area contributed by atoms with Crippen LogP contribution in [0.4, 0.5) is 22.7 Å². The Morgan fingerprint density at radius 2 is 0.850 bits per heavy atom. The molecule has 0 saturated carbocycles. The number of ether oxygens (including phenoxy) is 6. The van der Waals surface area contributed by atoms with Gasteiger partial charge in [-0.1, -0.05) is 60.4 Å². The molecule has 6 aromatic carbocycles. The Kier molecular flexibility index (Phi) is 24.4. The van der Waals surface area contributed by atoms with Crippen LogP contribution in [0.15, 0.2) is 119 Å². The maximum atomic E-state index is 14.0. The standard InChI is InChI=1S/C29H32N2O8S.C27H28N2O8S.Li.H2O/c1-7-16-30(20(2)17-28(32)38-5)24-13-14-25(23-11-9-8-10-22(23)24)31(19-29(33)39-6)40(34,35)21-12-15-26(36-3)27(18-21)37-4;1-5-14-28(18(2)15-26(30)31)22-11-12-23(21-9-7-6-8-20(21)22)29(17-27(32)33)38(34,35)19-10-13-24(36-3)25(16-19)37-4;;/h1,8-15,18,20H,16-17,19H2,2-6H3;1,6-13,16,18H,14-15,17H2,2-4H3,(H,30,31)(H,32,33);;1H2/q;;+1;/p-1/t20-;18-;;/m00../s1. The van der Waals surface area contributed by atoms with E-state index in [9.17, 15) is 46.2 Å². The summed E-state index contributed by atoms with van der Waals surface area (Å²) in [5, 5.41) is 21.2. The number of aliphatic carboxylic acids is 2. The van der Waals surface area contributed by atoms with E-state index in [1.165, 1.54) is 85.1 Å². The van der Waals surface area contributed by atoms with Crippen LogP contribution in [0.25, 0.3) is 21.5 Å². The number of fused-ring (bicyclic) bond motifs is 2. The van der Waals surface area contributed by atoms with Gasteiger partial charge >= 0.3 is 42.7 Å².